The molecule has 7 nitrogen and oxygen atoms in total. The zero-order chi connectivity index (χ0) is 26.6. The second-order valence-corrected chi connectivity index (χ2v) is 11.1. The number of carbonyl (C=O) groups excluding carboxylic acids is 3. The Morgan fingerprint density at radius 3 is 2.41 bits per heavy atom. The van der Waals surface area contributed by atoms with Crippen molar-refractivity contribution in [1.82, 2.24) is 0 Å². The molecule has 196 valence electrons. The Hall–Kier alpha value is -3.48. The molecule has 0 spiro atoms. The van der Waals surface area contributed by atoms with Crippen molar-refractivity contribution in [3.05, 3.63) is 54.1 Å². The summed E-state index contributed by atoms with van der Waals surface area (Å²) in [6.07, 6.45) is 5.38. The summed E-state index contributed by atoms with van der Waals surface area (Å²) in [5.41, 5.74) is 3.43. The van der Waals surface area contributed by atoms with Gasteiger partial charge in [0, 0.05) is 41.0 Å². The van der Waals surface area contributed by atoms with Crippen molar-refractivity contribution in [2.75, 3.05) is 29.1 Å². The van der Waals surface area contributed by atoms with E-state index in [1.165, 1.54) is 6.42 Å². The van der Waals surface area contributed by atoms with Crippen LogP contribution in [0.2, 0.25) is 0 Å². The molecule has 1 aliphatic carbocycles. The number of ketones is 1. The van der Waals surface area contributed by atoms with E-state index in [9.17, 15) is 14.4 Å². The molecule has 0 radical (unpaired) electrons. The van der Waals surface area contributed by atoms with E-state index in [4.69, 9.17) is 4.99 Å². The fourth-order valence-corrected chi connectivity index (χ4v) is 5.04. The maximum atomic E-state index is 14.0. The smallest absolute Gasteiger partial charge is 0.252 e. The van der Waals surface area contributed by atoms with E-state index < -0.39 is 11.5 Å². The highest BCUT2D eigenvalue weighted by Gasteiger charge is 2.37. The van der Waals surface area contributed by atoms with Crippen LogP contribution in [0, 0.1) is 11.3 Å². The predicted molar refractivity (Wildman–Crippen MR) is 149 cm³/mol. The largest absolute Gasteiger partial charge is 0.388 e. The number of benzene rings is 2. The van der Waals surface area contributed by atoms with Crippen molar-refractivity contribution in [1.29, 1.82) is 0 Å². The number of hydrogen-bond acceptors (Lipinski definition) is 5. The number of para-hydroxylation sites is 1. The number of nitrogens with zero attached hydrogens (tertiary/aromatic N) is 2. The highest BCUT2D eigenvalue weighted by atomic mass is 16.2. The lowest BCUT2D eigenvalue weighted by Gasteiger charge is -2.28. The zero-order valence-electron chi connectivity index (χ0n) is 22.3. The second kappa shape index (κ2) is 11.3. The minimum absolute atomic E-state index is 0.0381. The average molecular weight is 503 g/mol. The summed E-state index contributed by atoms with van der Waals surface area (Å²) in [4.78, 5) is 46.8. The standard InChI is InChI=1S/C30H38N4O3/c1-30(2,3)26(35)19-34-25-16-9-8-15-23(25)28(20-11-6-5-7-12-20)33-24(29(34)37)18-27(36)32-22-14-10-13-21(17-22)31-4/h8-10,13-17,20,24,31H,5-7,11-12,18-19H2,1-4H3,(H,32,36)/t24-/m1/s1. The molecule has 2 amide bonds. The maximum Gasteiger partial charge on any atom is 0.252 e. The summed E-state index contributed by atoms with van der Waals surface area (Å²) in [5.74, 6) is -0.399. The Balaban J connectivity index is 1.70. The number of Topliss-reactive ketones (excluding diaryl/α,β-unsaturated/α-hetero) is 1. The number of anilines is 3. The molecule has 1 aliphatic heterocycles. The molecule has 2 aromatic rings. The molecule has 2 aliphatic rings. The molecule has 0 unspecified atom stereocenters. The quantitative estimate of drug-likeness (QED) is 0.526. The van der Waals surface area contributed by atoms with E-state index >= 15 is 0 Å². The van der Waals surface area contributed by atoms with Gasteiger partial charge in [-0.05, 0) is 37.1 Å². The lowest BCUT2D eigenvalue weighted by Crippen LogP contribution is -2.44. The van der Waals surface area contributed by atoms with Gasteiger partial charge in [-0.15, -0.1) is 0 Å². The molecule has 7 heteroatoms. The Bertz CT molecular complexity index is 1190. The minimum Gasteiger partial charge on any atom is -0.388 e. The number of amides is 2. The third kappa shape index (κ3) is 6.27. The van der Waals surface area contributed by atoms with Gasteiger partial charge in [-0.2, -0.15) is 0 Å². The van der Waals surface area contributed by atoms with Crippen LogP contribution < -0.4 is 15.5 Å². The number of fused-ring (bicyclic) bond motifs is 1. The molecule has 1 fully saturated rings. The molecule has 0 bridgehead atoms. The fraction of sp³-hybridized carbons (Fsp3) is 0.467. The number of hydrogen-bond donors (Lipinski definition) is 2. The third-order valence-electron chi connectivity index (χ3n) is 7.26. The van der Waals surface area contributed by atoms with E-state index in [1.807, 2.05) is 76.3 Å². The topological polar surface area (TPSA) is 90.9 Å². The summed E-state index contributed by atoms with van der Waals surface area (Å²) >= 11 is 0. The Labute approximate surface area is 219 Å². The second-order valence-electron chi connectivity index (χ2n) is 11.1. The summed E-state index contributed by atoms with van der Waals surface area (Å²) in [5, 5.41) is 5.97. The predicted octanol–water partition coefficient (Wildman–Crippen LogP) is 5.46. The van der Waals surface area contributed by atoms with Gasteiger partial charge in [-0.3, -0.25) is 19.4 Å². The number of carbonyl (C=O) groups is 3. The van der Waals surface area contributed by atoms with Gasteiger partial charge in [-0.25, -0.2) is 0 Å². The normalized spacial score (nSPS) is 18.5. The van der Waals surface area contributed by atoms with E-state index in [-0.39, 0.29) is 36.5 Å². The minimum atomic E-state index is -0.899. The van der Waals surface area contributed by atoms with Crippen LogP contribution in [0.25, 0.3) is 0 Å². The fourth-order valence-electron chi connectivity index (χ4n) is 5.04. The maximum absolute atomic E-state index is 14.0. The molecule has 1 heterocycles. The molecule has 1 atom stereocenters. The number of benzodiazepines with no additional fused rings is 1. The first-order valence-electron chi connectivity index (χ1n) is 13.3. The summed E-state index contributed by atoms with van der Waals surface area (Å²) in [7, 11) is 1.82. The van der Waals surface area contributed by atoms with Crippen LogP contribution in [0.15, 0.2) is 53.5 Å². The first kappa shape index (κ1) is 26.6. The van der Waals surface area contributed by atoms with Crippen LogP contribution in [-0.4, -0.2) is 42.9 Å². The van der Waals surface area contributed by atoms with Crippen molar-refractivity contribution in [2.45, 2.75) is 65.3 Å². The molecule has 0 aromatic heterocycles. The van der Waals surface area contributed by atoms with E-state index in [2.05, 4.69) is 10.6 Å². The van der Waals surface area contributed by atoms with Gasteiger partial charge in [0.15, 0.2) is 5.78 Å². The molecule has 2 aromatic carbocycles. The Morgan fingerprint density at radius 1 is 1.00 bits per heavy atom. The van der Waals surface area contributed by atoms with Gasteiger partial charge in [0.1, 0.15) is 6.04 Å². The summed E-state index contributed by atoms with van der Waals surface area (Å²) in [6, 6.07) is 14.3. The number of rotatable bonds is 7. The summed E-state index contributed by atoms with van der Waals surface area (Å²) < 4.78 is 0. The molecular formula is C30H38N4O3. The summed E-state index contributed by atoms with van der Waals surface area (Å²) in [6.45, 7) is 5.53. The van der Waals surface area contributed by atoms with Crippen molar-refractivity contribution in [2.24, 2.45) is 16.3 Å². The highest BCUT2D eigenvalue weighted by Crippen LogP contribution is 2.35. The lowest BCUT2D eigenvalue weighted by atomic mass is 9.82. The van der Waals surface area contributed by atoms with Crippen LogP contribution in [0.1, 0.15) is 64.9 Å². The Morgan fingerprint density at radius 2 is 1.70 bits per heavy atom. The number of nitrogens with one attached hydrogen (secondary N) is 2. The van der Waals surface area contributed by atoms with Crippen molar-refractivity contribution < 1.29 is 14.4 Å². The van der Waals surface area contributed by atoms with E-state index in [0.29, 0.717) is 11.4 Å². The Kier molecular flexibility index (Phi) is 8.10. The van der Waals surface area contributed by atoms with Gasteiger partial charge >= 0.3 is 0 Å². The molecular weight excluding hydrogens is 464 g/mol. The van der Waals surface area contributed by atoms with Gasteiger partial charge < -0.3 is 15.5 Å². The molecule has 0 saturated heterocycles. The van der Waals surface area contributed by atoms with E-state index in [1.54, 1.807) is 4.90 Å². The van der Waals surface area contributed by atoms with Crippen LogP contribution in [-0.2, 0) is 14.4 Å². The van der Waals surface area contributed by atoms with Gasteiger partial charge in [0.05, 0.1) is 18.7 Å². The van der Waals surface area contributed by atoms with E-state index in [0.717, 1.165) is 42.6 Å². The van der Waals surface area contributed by atoms with Crippen molar-refractivity contribution in [3.63, 3.8) is 0 Å². The van der Waals surface area contributed by atoms with Crippen molar-refractivity contribution in [3.8, 4) is 0 Å². The zero-order valence-corrected chi connectivity index (χ0v) is 22.3. The molecule has 1 saturated carbocycles. The molecule has 4 rings (SSSR count). The first-order valence-corrected chi connectivity index (χ1v) is 13.3. The van der Waals surface area contributed by atoms with Gasteiger partial charge in [0.25, 0.3) is 5.91 Å². The SMILES string of the molecule is CNc1cccc(NC(=O)C[C@H]2N=C(C3CCCCC3)c3ccccc3N(CC(=O)C(C)(C)C)C2=O)c1. The van der Waals surface area contributed by atoms with Crippen LogP contribution in [0.4, 0.5) is 17.1 Å². The van der Waals surface area contributed by atoms with Crippen LogP contribution >= 0.6 is 0 Å². The van der Waals surface area contributed by atoms with Crippen LogP contribution in [0.3, 0.4) is 0 Å². The van der Waals surface area contributed by atoms with Gasteiger partial charge in [-0.1, -0.05) is 64.3 Å². The monoisotopic (exact) mass is 502 g/mol. The highest BCUT2D eigenvalue weighted by molar-refractivity contribution is 6.16. The molecule has 37 heavy (non-hydrogen) atoms. The van der Waals surface area contributed by atoms with Gasteiger partial charge in [0.2, 0.25) is 5.91 Å². The third-order valence-corrected chi connectivity index (χ3v) is 7.26. The van der Waals surface area contributed by atoms with Crippen molar-refractivity contribution >= 4 is 40.4 Å². The molecule has 2 N–H and O–H groups in total. The average Bonchev–Trinajstić information content (AvgIpc) is 2.99. The van der Waals surface area contributed by atoms with Crippen LogP contribution in [0.5, 0.6) is 0 Å². The lowest BCUT2D eigenvalue weighted by molar-refractivity contribution is -0.128. The first-order chi connectivity index (χ1) is 17.7. The number of aliphatic imine (C=N–C) groups is 1.